The third-order valence-electron chi connectivity index (χ3n) is 9.04. The van der Waals surface area contributed by atoms with Crippen LogP contribution in [0.1, 0.15) is 66.0 Å². The van der Waals surface area contributed by atoms with Crippen molar-refractivity contribution in [3.63, 3.8) is 0 Å². The van der Waals surface area contributed by atoms with Crippen LogP contribution >= 0.6 is 11.3 Å². The van der Waals surface area contributed by atoms with Crippen LogP contribution in [0.5, 0.6) is 5.88 Å². The van der Waals surface area contributed by atoms with Crippen LogP contribution in [-0.2, 0) is 15.0 Å². The van der Waals surface area contributed by atoms with Gasteiger partial charge in [0.25, 0.3) is 5.91 Å². The van der Waals surface area contributed by atoms with Gasteiger partial charge in [-0.2, -0.15) is 0 Å². The molecule has 2 bridgehead atoms. The molecule has 0 unspecified atom stereocenters. The average Bonchev–Trinajstić information content (AvgIpc) is 3.29. The van der Waals surface area contributed by atoms with Crippen molar-refractivity contribution >= 4 is 45.0 Å². The Morgan fingerprint density at radius 1 is 1.18 bits per heavy atom. The summed E-state index contributed by atoms with van der Waals surface area (Å²) in [5.74, 6) is -1.86. The van der Waals surface area contributed by atoms with Crippen molar-refractivity contribution in [1.82, 2.24) is 19.8 Å². The van der Waals surface area contributed by atoms with Crippen molar-refractivity contribution < 1.29 is 19.1 Å². The van der Waals surface area contributed by atoms with Crippen LogP contribution in [0.25, 0.3) is 10.2 Å². The highest BCUT2D eigenvalue weighted by molar-refractivity contribution is 7.18. The highest BCUT2D eigenvalue weighted by atomic mass is 32.1. The minimum atomic E-state index is -0.794. The highest BCUT2D eigenvalue weighted by Gasteiger charge is 2.70. The number of likely N-dealkylation sites (tertiary alicyclic amines) is 1. The summed E-state index contributed by atoms with van der Waals surface area (Å²) in [4.78, 5) is 51.4. The van der Waals surface area contributed by atoms with Crippen LogP contribution in [-0.4, -0.2) is 70.8 Å². The Morgan fingerprint density at radius 2 is 1.93 bits per heavy atom. The number of anilines is 1. The number of benzene rings is 1. The topological polar surface area (TPSA) is 131 Å². The van der Waals surface area contributed by atoms with Crippen molar-refractivity contribution in [3.8, 4) is 5.88 Å². The number of amides is 3. The fraction of sp³-hybridized carbons (Fsp3) is 0.483. The van der Waals surface area contributed by atoms with E-state index in [2.05, 4.69) is 54.4 Å². The van der Waals surface area contributed by atoms with Gasteiger partial charge in [0, 0.05) is 17.5 Å². The summed E-state index contributed by atoms with van der Waals surface area (Å²) >= 11 is 1.78. The first-order valence-electron chi connectivity index (χ1n) is 13.6. The number of methoxy groups -OCH3 is 1. The number of nitrogens with two attached hydrogens (primary N) is 1. The lowest BCUT2D eigenvalue weighted by Crippen LogP contribution is -2.75. The van der Waals surface area contributed by atoms with E-state index in [1.807, 2.05) is 0 Å². The van der Waals surface area contributed by atoms with Crippen molar-refractivity contribution in [2.24, 2.45) is 11.7 Å². The van der Waals surface area contributed by atoms with Gasteiger partial charge >= 0.3 is 11.8 Å². The van der Waals surface area contributed by atoms with Crippen LogP contribution in [0.3, 0.4) is 0 Å². The molecule has 3 N–H and O–H groups in total. The number of carbonyl (C=O) groups is 3. The van der Waals surface area contributed by atoms with Crippen LogP contribution in [0, 0.1) is 5.92 Å². The van der Waals surface area contributed by atoms with Crippen LogP contribution in [0.4, 0.5) is 5.69 Å². The molecule has 2 atom stereocenters. The largest absolute Gasteiger partial charge is 0.480 e. The smallest absolute Gasteiger partial charge is 0.313 e. The van der Waals surface area contributed by atoms with Gasteiger partial charge in [-0.05, 0) is 75.9 Å². The monoisotopic (exact) mass is 562 g/mol. The molecule has 0 spiro atoms. The zero-order valence-electron chi connectivity index (χ0n) is 23.2. The zero-order valence-corrected chi connectivity index (χ0v) is 24.0. The molecule has 3 saturated carbocycles. The van der Waals surface area contributed by atoms with E-state index in [-0.39, 0.29) is 34.5 Å². The van der Waals surface area contributed by atoms with E-state index in [0.717, 1.165) is 28.6 Å². The van der Waals surface area contributed by atoms with Gasteiger partial charge in [0.1, 0.15) is 10.6 Å². The number of hydrogen-bond donors (Lipinski definition) is 2. The molecular weight excluding hydrogens is 528 g/mol. The minimum Gasteiger partial charge on any atom is -0.480 e. The molecule has 210 valence electrons. The van der Waals surface area contributed by atoms with E-state index < -0.39 is 17.7 Å². The third-order valence-corrected chi connectivity index (χ3v) is 10.3. The van der Waals surface area contributed by atoms with E-state index in [1.165, 1.54) is 43.6 Å². The number of hydrogen-bond acceptors (Lipinski definition) is 8. The van der Waals surface area contributed by atoms with Gasteiger partial charge in [-0.1, -0.05) is 13.0 Å². The fourth-order valence-electron chi connectivity index (χ4n) is 6.71. The first kappa shape index (κ1) is 26.6. The standard InChI is InChI=1S/C29H34N6O4S/c1-16-5-7-21(35(12-16)26(38)24(37)32-18-10-19(23(30)36)25(39-4)31-11-18)17-6-8-22-20(9-17)33-27(40-22)28-13-29(14-28,15-28)34(2)3/h6,8-11,16,21H,5,7,12-15H2,1-4H3,(H2,30,36)(H,32,37)/t16-,21+,28?,29?/m0/s1. The van der Waals surface area contributed by atoms with Gasteiger partial charge in [0.2, 0.25) is 5.88 Å². The number of carbonyl (C=O) groups excluding carboxylic acids is 3. The van der Waals surface area contributed by atoms with E-state index in [9.17, 15) is 14.4 Å². The van der Waals surface area contributed by atoms with Gasteiger partial charge in [0.15, 0.2) is 0 Å². The summed E-state index contributed by atoms with van der Waals surface area (Å²) in [5, 5.41) is 3.80. The van der Waals surface area contributed by atoms with Gasteiger partial charge < -0.3 is 25.6 Å². The van der Waals surface area contributed by atoms with E-state index >= 15 is 0 Å². The Kier molecular flexibility index (Phi) is 6.34. The molecular formula is C29H34N6O4S. The van der Waals surface area contributed by atoms with Crippen LogP contribution < -0.4 is 15.8 Å². The number of ether oxygens (including phenoxy) is 1. The third kappa shape index (κ3) is 4.23. The lowest BCUT2D eigenvalue weighted by Gasteiger charge is -2.72. The molecule has 3 aliphatic carbocycles. The lowest BCUT2D eigenvalue weighted by molar-refractivity contribution is -0.151. The van der Waals surface area contributed by atoms with Gasteiger partial charge in [0.05, 0.1) is 35.3 Å². The summed E-state index contributed by atoms with van der Waals surface area (Å²) in [6.45, 7) is 2.56. The van der Waals surface area contributed by atoms with E-state index in [4.69, 9.17) is 15.5 Å². The molecule has 40 heavy (non-hydrogen) atoms. The number of aromatic nitrogens is 2. The summed E-state index contributed by atoms with van der Waals surface area (Å²) in [7, 11) is 5.70. The number of nitrogens with zero attached hydrogens (tertiary/aromatic N) is 4. The van der Waals surface area contributed by atoms with Gasteiger partial charge in [-0.3, -0.25) is 14.4 Å². The second-order valence-electron chi connectivity index (χ2n) is 11.9. The second-order valence-corrected chi connectivity index (χ2v) is 13.0. The number of primary amides is 1. The first-order chi connectivity index (χ1) is 19.0. The quantitative estimate of drug-likeness (QED) is 0.440. The average molecular weight is 563 g/mol. The maximum absolute atomic E-state index is 13.5. The van der Waals surface area contributed by atoms with Crippen molar-refractivity contribution in [2.75, 3.05) is 33.1 Å². The lowest BCUT2D eigenvalue weighted by atomic mass is 9.39. The molecule has 1 aliphatic heterocycles. The number of nitrogens with one attached hydrogen (secondary N) is 1. The molecule has 2 aromatic heterocycles. The Morgan fingerprint density at radius 3 is 2.60 bits per heavy atom. The molecule has 3 heterocycles. The molecule has 11 heteroatoms. The molecule has 4 aliphatic rings. The number of rotatable bonds is 6. The van der Waals surface area contributed by atoms with Crippen LogP contribution in [0.15, 0.2) is 30.5 Å². The Hall–Kier alpha value is -3.57. The molecule has 3 amide bonds. The number of thiazole rings is 1. The predicted molar refractivity (Wildman–Crippen MR) is 152 cm³/mol. The van der Waals surface area contributed by atoms with Gasteiger partial charge in [-0.25, -0.2) is 9.97 Å². The normalized spacial score (nSPS) is 27.2. The first-order valence-corrected chi connectivity index (χ1v) is 14.4. The Labute approximate surface area is 236 Å². The SMILES string of the molecule is COc1ncc(NC(=O)C(=O)N2C[C@@H](C)CC[C@@H]2c2ccc3sc(C45CC(N(C)C)(C4)C5)nc3c2)cc1C(N)=O. The van der Waals surface area contributed by atoms with Crippen molar-refractivity contribution in [3.05, 3.63) is 46.6 Å². The van der Waals surface area contributed by atoms with Crippen LogP contribution in [0.2, 0.25) is 0 Å². The molecule has 1 saturated heterocycles. The Bertz CT molecular complexity index is 1510. The zero-order chi connectivity index (χ0) is 28.4. The predicted octanol–water partition coefficient (Wildman–Crippen LogP) is 3.47. The molecule has 10 nitrogen and oxygen atoms in total. The van der Waals surface area contributed by atoms with E-state index in [1.54, 1.807) is 16.2 Å². The number of fused-ring (bicyclic) bond motifs is 1. The van der Waals surface area contributed by atoms with Crippen molar-refractivity contribution in [1.29, 1.82) is 0 Å². The minimum absolute atomic E-state index is 0.0175. The highest BCUT2D eigenvalue weighted by Crippen LogP contribution is 2.70. The molecule has 1 aromatic carbocycles. The summed E-state index contributed by atoms with van der Waals surface area (Å²) in [6, 6.07) is 7.39. The number of pyridine rings is 1. The maximum atomic E-state index is 13.5. The summed E-state index contributed by atoms with van der Waals surface area (Å²) in [6.07, 6.45) is 6.55. The van der Waals surface area contributed by atoms with Gasteiger partial charge in [-0.15, -0.1) is 11.3 Å². The Balaban J connectivity index is 1.22. The van der Waals surface area contributed by atoms with E-state index in [0.29, 0.717) is 12.1 Å². The maximum Gasteiger partial charge on any atom is 0.313 e. The second kappa shape index (κ2) is 9.52. The summed E-state index contributed by atoms with van der Waals surface area (Å²) < 4.78 is 6.21. The fourth-order valence-corrected chi connectivity index (χ4v) is 7.84. The summed E-state index contributed by atoms with van der Waals surface area (Å²) in [5.41, 5.74) is 8.14. The number of piperidine rings is 1. The molecule has 7 rings (SSSR count). The molecule has 4 fully saturated rings. The van der Waals surface area contributed by atoms with Crippen molar-refractivity contribution in [2.45, 2.75) is 56.0 Å². The molecule has 3 aromatic rings. The molecule has 0 radical (unpaired) electrons.